The van der Waals surface area contributed by atoms with E-state index in [0.29, 0.717) is 36.7 Å². The SMILES string of the molecule is Cn1cnnc1C1(F)CCN(c2c(C#N)cccc2-c2cnc3nnn(Cc4ccccc4)c3c2)CC1. The highest BCUT2D eigenvalue weighted by Crippen LogP contribution is 2.41. The van der Waals surface area contributed by atoms with Gasteiger partial charge in [-0.3, -0.25) is 0 Å². The van der Waals surface area contributed by atoms with Gasteiger partial charge in [0.2, 0.25) is 5.65 Å². The number of anilines is 1. The Balaban J connectivity index is 1.36. The van der Waals surface area contributed by atoms with Crippen molar-refractivity contribution in [2.75, 3.05) is 18.0 Å². The first-order valence-corrected chi connectivity index (χ1v) is 12.1. The number of nitriles is 1. The van der Waals surface area contributed by atoms with Crippen molar-refractivity contribution in [2.24, 2.45) is 7.05 Å². The van der Waals surface area contributed by atoms with Gasteiger partial charge in [0.15, 0.2) is 11.5 Å². The minimum absolute atomic E-state index is 0.254. The largest absolute Gasteiger partial charge is 0.370 e. The second-order valence-electron chi connectivity index (χ2n) is 9.33. The first kappa shape index (κ1) is 22.8. The van der Waals surface area contributed by atoms with Crippen molar-refractivity contribution < 1.29 is 4.39 Å². The maximum absolute atomic E-state index is 15.8. The third-order valence-electron chi connectivity index (χ3n) is 7.00. The lowest BCUT2D eigenvalue weighted by molar-refractivity contribution is 0.109. The van der Waals surface area contributed by atoms with E-state index in [1.54, 1.807) is 23.9 Å². The molecule has 0 radical (unpaired) electrons. The molecule has 10 heteroatoms. The second-order valence-corrected chi connectivity index (χ2v) is 9.33. The van der Waals surface area contributed by atoms with Crippen molar-refractivity contribution in [3.63, 3.8) is 0 Å². The van der Waals surface area contributed by atoms with Gasteiger partial charge in [-0.15, -0.1) is 15.3 Å². The van der Waals surface area contributed by atoms with Gasteiger partial charge in [0.1, 0.15) is 17.9 Å². The fraction of sp³-hybridized carbons (Fsp3) is 0.259. The first-order chi connectivity index (χ1) is 18.1. The summed E-state index contributed by atoms with van der Waals surface area (Å²) >= 11 is 0. The first-order valence-electron chi connectivity index (χ1n) is 12.1. The average Bonchev–Trinajstić information content (AvgIpc) is 3.55. The van der Waals surface area contributed by atoms with Crippen LogP contribution in [0.4, 0.5) is 10.1 Å². The fourth-order valence-corrected chi connectivity index (χ4v) is 5.08. The second kappa shape index (κ2) is 9.09. The van der Waals surface area contributed by atoms with Gasteiger partial charge in [-0.2, -0.15) is 5.26 Å². The Hall–Kier alpha value is -4.65. The molecule has 9 nitrogen and oxygen atoms in total. The van der Waals surface area contributed by atoms with E-state index in [1.807, 2.05) is 53.2 Å². The van der Waals surface area contributed by atoms with Crippen molar-refractivity contribution in [2.45, 2.75) is 25.1 Å². The lowest BCUT2D eigenvalue weighted by Gasteiger charge is -2.38. The summed E-state index contributed by atoms with van der Waals surface area (Å²) in [7, 11) is 1.76. The van der Waals surface area contributed by atoms with Crippen LogP contribution in [0.3, 0.4) is 0 Å². The quantitative estimate of drug-likeness (QED) is 0.365. The minimum Gasteiger partial charge on any atom is -0.370 e. The zero-order valence-electron chi connectivity index (χ0n) is 20.3. The molecule has 0 saturated carbocycles. The van der Waals surface area contributed by atoms with Crippen LogP contribution in [0.5, 0.6) is 0 Å². The molecule has 0 aliphatic carbocycles. The number of para-hydroxylation sites is 1. The van der Waals surface area contributed by atoms with Crippen molar-refractivity contribution in [1.29, 1.82) is 5.26 Å². The maximum Gasteiger partial charge on any atom is 0.201 e. The van der Waals surface area contributed by atoms with Gasteiger partial charge >= 0.3 is 0 Å². The Bertz CT molecular complexity index is 1610. The van der Waals surface area contributed by atoms with Crippen molar-refractivity contribution >= 4 is 16.9 Å². The molecule has 2 aromatic carbocycles. The molecule has 37 heavy (non-hydrogen) atoms. The number of pyridine rings is 1. The molecule has 0 N–H and O–H groups in total. The van der Waals surface area contributed by atoms with Gasteiger partial charge < -0.3 is 9.47 Å². The zero-order chi connectivity index (χ0) is 25.4. The highest BCUT2D eigenvalue weighted by Gasteiger charge is 2.40. The molecule has 0 amide bonds. The van der Waals surface area contributed by atoms with Gasteiger partial charge in [-0.1, -0.05) is 47.7 Å². The van der Waals surface area contributed by atoms with Crippen LogP contribution in [-0.4, -0.2) is 47.8 Å². The van der Waals surface area contributed by atoms with Crippen LogP contribution in [0.1, 0.15) is 29.8 Å². The van der Waals surface area contributed by atoms with Gasteiger partial charge in [0, 0.05) is 50.3 Å². The molecule has 1 fully saturated rings. The highest BCUT2D eigenvalue weighted by atomic mass is 19.1. The number of hydrogen-bond donors (Lipinski definition) is 0. The van der Waals surface area contributed by atoms with E-state index in [4.69, 9.17) is 0 Å². The van der Waals surface area contributed by atoms with Crippen LogP contribution in [0.2, 0.25) is 0 Å². The minimum atomic E-state index is -1.56. The third-order valence-corrected chi connectivity index (χ3v) is 7.00. The van der Waals surface area contributed by atoms with Crippen LogP contribution < -0.4 is 4.90 Å². The van der Waals surface area contributed by atoms with E-state index in [9.17, 15) is 5.26 Å². The predicted octanol–water partition coefficient (Wildman–Crippen LogP) is 4.01. The molecule has 184 valence electrons. The van der Waals surface area contributed by atoms with Crippen molar-refractivity contribution in [1.82, 2.24) is 34.7 Å². The van der Waals surface area contributed by atoms with Crippen LogP contribution in [0.15, 0.2) is 67.1 Å². The summed E-state index contributed by atoms with van der Waals surface area (Å²) in [4.78, 5) is 6.64. The molecule has 3 aromatic heterocycles. The van der Waals surface area contributed by atoms with E-state index in [2.05, 4.69) is 36.5 Å². The molecule has 5 aromatic rings. The van der Waals surface area contributed by atoms with Crippen LogP contribution in [-0.2, 0) is 19.3 Å². The number of benzene rings is 2. The van der Waals surface area contributed by atoms with Crippen molar-refractivity contribution in [3.8, 4) is 17.2 Å². The van der Waals surface area contributed by atoms with E-state index >= 15 is 4.39 Å². The monoisotopic (exact) mass is 493 g/mol. The Morgan fingerprint density at radius 1 is 1.05 bits per heavy atom. The average molecular weight is 494 g/mol. The molecule has 0 spiro atoms. The fourth-order valence-electron chi connectivity index (χ4n) is 5.08. The zero-order valence-corrected chi connectivity index (χ0v) is 20.3. The molecule has 0 unspecified atom stereocenters. The summed E-state index contributed by atoms with van der Waals surface area (Å²) in [6.45, 7) is 1.46. The Labute approximate surface area is 212 Å². The molecule has 0 bridgehead atoms. The Morgan fingerprint density at radius 2 is 1.86 bits per heavy atom. The van der Waals surface area contributed by atoms with Crippen molar-refractivity contribution in [3.05, 3.63) is 84.1 Å². The number of aryl methyl sites for hydroxylation is 1. The molecular weight excluding hydrogens is 469 g/mol. The standard InChI is InChI=1S/C27H24FN9/c1-35-18-31-33-26(35)27(28)10-12-36(13-11-27)24-20(15-29)8-5-9-22(24)21-14-23-25(30-16-21)32-34-37(23)17-19-6-3-2-4-7-19/h2-9,14,16,18H,10-13,17H2,1H3. The number of rotatable bonds is 5. The number of nitrogens with zero attached hydrogens (tertiary/aromatic N) is 9. The summed E-state index contributed by atoms with van der Waals surface area (Å²) in [5, 5.41) is 26.3. The Morgan fingerprint density at radius 3 is 2.59 bits per heavy atom. The molecule has 1 aliphatic rings. The van der Waals surface area contributed by atoms with Crippen LogP contribution in [0, 0.1) is 11.3 Å². The molecular formula is C27H24FN9. The number of alkyl halides is 1. The summed E-state index contributed by atoms with van der Waals surface area (Å²) in [6, 6.07) is 20.0. The summed E-state index contributed by atoms with van der Waals surface area (Å²) in [5.74, 6) is 0.342. The van der Waals surface area contributed by atoms with Gasteiger partial charge in [-0.05, 0) is 17.7 Å². The van der Waals surface area contributed by atoms with E-state index < -0.39 is 5.67 Å². The van der Waals surface area contributed by atoms with Gasteiger partial charge in [0.05, 0.1) is 17.8 Å². The molecule has 4 heterocycles. The van der Waals surface area contributed by atoms with E-state index in [-0.39, 0.29) is 12.8 Å². The number of aromatic nitrogens is 7. The van der Waals surface area contributed by atoms with Gasteiger partial charge in [-0.25, -0.2) is 14.1 Å². The Kier molecular flexibility index (Phi) is 5.60. The summed E-state index contributed by atoms with van der Waals surface area (Å²) in [6.07, 6.45) is 3.78. The number of piperidine rings is 1. The van der Waals surface area contributed by atoms with Gasteiger partial charge in [0.25, 0.3) is 0 Å². The lowest BCUT2D eigenvalue weighted by atomic mass is 9.90. The highest BCUT2D eigenvalue weighted by molar-refractivity contribution is 5.86. The number of hydrogen-bond acceptors (Lipinski definition) is 7. The molecule has 0 atom stereocenters. The summed E-state index contributed by atoms with van der Waals surface area (Å²) in [5.41, 5.74) is 3.96. The maximum atomic E-state index is 15.8. The molecule has 1 aliphatic heterocycles. The molecule has 1 saturated heterocycles. The molecule has 6 rings (SSSR count). The smallest absolute Gasteiger partial charge is 0.201 e. The van der Waals surface area contributed by atoms with Crippen LogP contribution in [0.25, 0.3) is 22.3 Å². The lowest BCUT2D eigenvalue weighted by Crippen LogP contribution is -2.42. The van der Waals surface area contributed by atoms with Crippen LogP contribution >= 0.6 is 0 Å². The normalized spacial score (nSPS) is 15.1. The third kappa shape index (κ3) is 4.08. The number of halogens is 1. The number of fused-ring (bicyclic) bond motifs is 1. The predicted molar refractivity (Wildman–Crippen MR) is 136 cm³/mol. The summed E-state index contributed by atoms with van der Waals surface area (Å²) < 4.78 is 19.3. The van der Waals surface area contributed by atoms with E-state index in [0.717, 1.165) is 27.9 Å². The van der Waals surface area contributed by atoms with E-state index in [1.165, 1.54) is 6.33 Å². The topological polar surface area (TPSA) is 101 Å².